The largest absolute Gasteiger partial charge is 0.367 e. The molecule has 0 aliphatic heterocycles. The standard InChI is InChI=1S/C14H9F2N3O/c15-9-3-1-8(2-4-9)12-13(19-20-14(12)17)11-6-5-10(16)7-18-11/h1-7H,17H2. The molecule has 0 bridgehead atoms. The highest BCUT2D eigenvalue weighted by Gasteiger charge is 2.18. The fourth-order valence-corrected chi connectivity index (χ4v) is 1.89. The van der Waals surface area contributed by atoms with Crippen molar-refractivity contribution in [1.29, 1.82) is 0 Å². The maximum absolute atomic E-state index is 13.0. The first kappa shape index (κ1) is 12.3. The van der Waals surface area contributed by atoms with Crippen LogP contribution in [0.2, 0.25) is 0 Å². The molecule has 0 atom stereocenters. The Kier molecular flexibility index (Phi) is 2.90. The Morgan fingerprint density at radius 1 is 0.950 bits per heavy atom. The number of hydrogen-bond donors (Lipinski definition) is 1. The second-order valence-corrected chi connectivity index (χ2v) is 4.14. The summed E-state index contributed by atoms with van der Waals surface area (Å²) in [4.78, 5) is 3.94. The topological polar surface area (TPSA) is 64.9 Å². The predicted molar refractivity (Wildman–Crippen MR) is 69.5 cm³/mol. The summed E-state index contributed by atoms with van der Waals surface area (Å²) in [6, 6.07) is 8.48. The van der Waals surface area contributed by atoms with Crippen LogP contribution in [0.25, 0.3) is 22.5 Å². The molecule has 0 amide bonds. The zero-order chi connectivity index (χ0) is 14.1. The Labute approximate surface area is 112 Å². The van der Waals surface area contributed by atoms with Crippen molar-refractivity contribution < 1.29 is 13.3 Å². The molecule has 0 saturated carbocycles. The van der Waals surface area contributed by atoms with Gasteiger partial charge in [-0.15, -0.1) is 0 Å². The molecule has 0 aliphatic carbocycles. The number of nitrogen functional groups attached to an aromatic ring is 1. The van der Waals surface area contributed by atoms with Crippen molar-refractivity contribution in [2.45, 2.75) is 0 Å². The van der Waals surface area contributed by atoms with Crippen molar-refractivity contribution in [2.75, 3.05) is 5.73 Å². The highest BCUT2D eigenvalue weighted by atomic mass is 19.1. The van der Waals surface area contributed by atoms with Crippen molar-refractivity contribution in [1.82, 2.24) is 10.1 Å². The third-order valence-corrected chi connectivity index (χ3v) is 2.82. The number of rotatable bonds is 2. The van der Waals surface area contributed by atoms with Crippen LogP contribution in [-0.2, 0) is 0 Å². The molecular weight excluding hydrogens is 264 g/mol. The van der Waals surface area contributed by atoms with Crippen molar-refractivity contribution >= 4 is 5.88 Å². The van der Waals surface area contributed by atoms with E-state index in [-0.39, 0.29) is 11.7 Å². The molecule has 0 radical (unpaired) electrons. The van der Waals surface area contributed by atoms with Crippen molar-refractivity contribution in [2.24, 2.45) is 0 Å². The van der Waals surface area contributed by atoms with Crippen LogP contribution in [-0.4, -0.2) is 10.1 Å². The summed E-state index contributed by atoms with van der Waals surface area (Å²) in [5, 5.41) is 3.84. The normalized spacial score (nSPS) is 10.7. The lowest BCUT2D eigenvalue weighted by atomic mass is 10.0. The molecule has 6 heteroatoms. The van der Waals surface area contributed by atoms with Crippen molar-refractivity contribution in [3.05, 3.63) is 54.2 Å². The van der Waals surface area contributed by atoms with Gasteiger partial charge in [-0.25, -0.2) is 8.78 Å². The summed E-state index contributed by atoms with van der Waals surface area (Å²) in [7, 11) is 0. The number of pyridine rings is 1. The van der Waals surface area contributed by atoms with Crippen LogP contribution in [0.3, 0.4) is 0 Å². The molecule has 0 aliphatic rings. The quantitative estimate of drug-likeness (QED) is 0.778. The van der Waals surface area contributed by atoms with E-state index >= 15 is 0 Å². The monoisotopic (exact) mass is 273 g/mol. The van der Waals surface area contributed by atoms with Crippen LogP contribution in [0.15, 0.2) is 47.1 Å². The van der Waals surface area contributed by atoms with Crippen LogP contribution in [0.5, 0.6) is 0 Å². The summed E-state index contributed by atoms with van der Waals surface area (Å²) in [5.41, 5.74) is 7.71. The van der Waals surface area contributed by atoms with E-state index < -0.39 is 5.82 Å². The number of nitrogens with zero attached hydrogens (tertiary/aromatic N) is 2. The first-order valence-corrected chi connectivity index (χ1v) is 5.78. The lowest BCUT2D eigenvalue weighted by Gasteiger charge is -2.02. The van der Waals surface area contributed by atoms with Gasteiger partial charge in [-0.05, 0) is 29.8 Å². The smallest absolute Gasteiger partial charge is 0.230 e. The molecule has 0 unspecified atom stereocenters. The van der Waals surface area contributed by atoms with Crippen molar-refractivity contribution in [3.63, 3.8) is 0 Å². The molecule has 20 heavy (non-hydrogen) atoms. The molecule has 2 N–H and O–H groups in total. The van der Waals surface area contributed by atoms with Gasteiger partial charge in [0.15, 0.2) is 0 Å². The fourth-order valence-electron chi connectivity index (χ4n) is 1.89. The minimum atomic E-state index is -0.450. The van der Waals surface area contributed by atoms with Crippen LogP contribution in [0.4, 0.5) is 14.7 Å². The molecule has 3 rings (SSSR count). The number of anilines is 1. The van der Waals surface area contributed by atoms with E-state index in [0.29, 0.717) is 22.5 Å². The van der Waals surface area contributed by atoms with Gasteiger partial charge in [0.1, 0.15) is 17.3 Å². The minimum Gasteiger partial charge on any atom is -0.367 e. The molecule has 4 nitrogen and oxygen atoms in total. The van der Waals surface area contributed by atoms with Crippen LogP contribution < -0.4 is 5.73 Å². The molecule has 0 saturated heterocycles. The van der Waals surface area contributed by atoms with Gasteiger partial charge in [-0.3, -0.25) is 4.98 Å². The van der Waals surface area contributed by atoms with Crippen LogP contribution in [0.1, 0.15) is 0 Å². The van der Waals surface area contributed by atoms with E-state index in [1.54, 1.807) is 12.1 Å². The first-order valence-electron chi connectivity index (χ1n) is 5.78. The molecule has 2 heterocycles. The van der Waals surface area contributed by atoms with Gasteiger partial charge in [0.05, 0.1) is 17.5 Å². The van der Waals surface area contributed by atoms with E-state index in [2.05, 4.69) is 10.1 Å². The lowest BCUT2D eigenvalue weighted by molar-refractivity contribution is 0.439. The fraction of sp³-hybridized carbons (Fsp3) is 0. The van der Waals surface area contributed by atoms with Gasteiger partial charge in [-0.1, -0.05) is 17.3 Å². The van der Waals surface area contributed by atoms with Gasteiger partial charge in [-0.2, -0.15) is 0 Å². The van der Waals surface area contributed by atoms with E-state index in [4.69, 9.17) is 10.3 Å². The molecule has 1 aromatic carbocycles. The van der Waals surface area contributed by atoms with Crippen LogP contribution in [0, 0.1) is 11.6 Å². The minimum absolute atomic E-state index is 0.0951. The zero-order valence-electron chi connectivity index (χ0n) is 10.2. The van der Waals surface area contributed by atoms with Gasteiger partial charge in [0.25, 0.3) is 0 Å². The Bertz CT molecular complexity index is 736. The lowest BCUT2D eigenvalue weighted by Crippen LogP contribution is -1.90. The van der Waals surface area contributed by atoms with Gasteiger partial charge < -0.3 is 10.3 Å². The van der Waals surface area contributed by atoms with E-state index in [1.165, 1.54) is 24.3 Å². The molecule has 2 aromatic heterocycles. The van der Waals surface area contributed by atoms with Gasteiger partial charge in [0, 0.05) is 0 Å². The van der Waals surface area contributed by atoms with E-state index in [9.17, 15) is 8.78 Å². The number of nitrogens with two attached hydrogens (primary N) is 1. The second-order valence-electron chi connectivity index (χ2n) is 4.14. The predicted octanol–water partition coefficient (Wildman–Crippen LogP) is 3.26. The maximum Gasteiger partial charge on any atom is 0.230 e. The van der Waals surface area contributed by atoms with Crippen molar-refractivity contribution in [3.8, 4) is 22.5 Å². The summed E-state index contributed by atoms with van der Waals surface area (Å²) in [5.74, 6) is -0.712. The molecule has 100 valence electrons. The van der Waals surface area contributed by atoms with E-state index in [1.807, 2.05) is 0 Å². The number of benzene rings is 1. The second kappa shape index (κ2) is 4.73. The van der Waals surface area contributed by atoms with Crippen LogP contribution >= 0.6 is 0 Å². The third kappa shape index (κ3) is 2.11. The molecular formula is C14H9F2N3O. The summed E-state index contributed by atoms with van der Waals surface area (Å²) in [6.45, 7) is 0. The molecule has 3 aromatic rings. The van der Waals surface area contributed by atoms with E-state index in [0.717, 1.165) is 6.20 Å². The highest BCUT2D eigenvalue weighted by molar-refractivity contribution is 5.85. The Morgan fingerprint density at radius 3 is 2.30 bits per heavy atom. The maximum atomic E-state index is 13.0. The SMILES string of the molecule is Nc1onc(-c2ccc(F)cn2)c1-c1ccc(F)cc1. The molecule has 0 spiro atoms. The Hall–Kier alpha value is -2.76. The number of aromatic nitrogens is 2. The number of hydrogen-bond acceptors (Lipinski definition) is 4. The first-order chi connectivity index (χ1) is 9.65. The summed E-state index contributed by atoms with van der Waals surface area (Å²) >= 11 is 0. The summed E-state index contributed by atoms with van der Waals surface area (Å²) in [6.07, 6.45) is 1.08. The average molecular weight is 273 g/mol. The molecule has 0 fully saturated rings. The number of halogens is 2. The highest BCUT2D eigenvalue weighted by Crippen LogP contribution is 2.35. The Balaban J connectivity index is 2.14. The summed E-state index contributed by atoms with van der Waals surface area (Å²) < 4.78 is 30.8. The zero-order valence-corrected chi connectivity index (χ0v) is 10.2. The third-order valence-electron chi connectivity index (χ3n) is 2.82. The van der Waals surface area contributed by atoms with Gasteiger partial charge >= 0.3 is 0 Å². The van der Waals surface area contributed by atoms with Gasteiger partial charge in [0.2, 0.25) is 5.88 Å². The Morgan fingerprint density at radius 2 is 1.65 bits per heavy atom. The average Bonchev–Trinajstić information content (AvgIpc) is 2.83.